The van der Waals surface area contributed by atoms with E-state index < -0.39 is 0 Å². The highest BCUT2D eigenvalue weighted by Gasteiger charge is 2.34. The van der Waals surface area contributed by atoms with Gasteiger partial charge in [0.25, 0.3) is 5.91 Å². The summed E-state index contributed by atoms with van der Waals surface area (Å²) in [5.41, 5.74) is 2.56. The number of methoxy groups -OCH3 is 1. The van der Waals surface area contributed by atoms with Gasteiger partial charge in [-0.15, -0.1) is 11.3 Å². The number of carbonyl (C=O) groups is 1. The number of aryl methyl sites for hydroxylation is 2. The molecule has 0 N–H and O–H groups in total. The Kier molecular flexibility index (Phi) is 3.85. The first-order valence-corrected chi connectivity index (χ1v) is 9.12. The average Bonchev–Trinajstić information content (AvgIpc) is 3.18. The SMILES string of the molecule is COc1ccc(CN(C(=O)c2cc3c(s2)CCC3)C2CC2)cc1. The maximum absolute atomic E-state index is 13.0. The third-order valence-electron chi connectivity index (χ3n) is 4.72. The maximum atomic E-state index is 13.0. The zero-order chi connectivity index (χ0) is 15.8. The fourth-order valence-corrected chi connectivity index (χ4v) is 4.47. The first-order valence-electron chi connectivity index (χ1n) is 8.30. The number of carbonyl (C=O) groups excluding carboxylic acids is 1. The van der Waals surface area contributed by atoms with Crippen LogP contribution in [0.3, 0.4) is 0 Å². The average molecular weight is 327 g/mol. The lowest BCUT2D eigenvalue weighted by molar-refractivity contribution is 0.0735. The van der Waals surface area contributed by atoms with Gasteiger partial charge >= 0.3 is 0 Å². The molecule has 2 aliphatic rings. The van der Waals surface area contributed by atoms with Crippen molar-refractivity contribution in [3.63, 3.8) is 0 Å². The van der Waals surface area contributed by atoms with Crippen molar-refractivity contribution < 1.29 is 9.53 Å². The Morgan fingerprint density at radius 3 is 2.70 bits per heavy atom. The Hall–Kier alpha value is -1.81. The highest BCUT2D eigenvalue weighted by atomic mass is 32.1. The van der Waals surface area contributed by atoms with Crippen LogP contribution < -0.4 is 4.74 Å². The number of nitrogens with zero attached hydrogens (tertiary/aromatic N) is 1. The van der Waals surface area contributed by atoms with Gasteiger partial charge in [-0.05, 0) is 61.4 Å². The number of benzene rings is 1. The zero-order valence-electron chi connectivity index (χ0n) is 13.4. The smallest absolute Gasteiger partial charge is 0.264 e. The highest BCUT2D eigenvalue weighted by Crippen LogP contribution is 2.35. The van der Waals surface area contributed by atoms with Gasteiger partial charge in [0, 0.05) is 17.5 Å². The van der Waals surface area contributed by atoms with E-state index in [1.807, 2.05) is 12.1 Å². The molecular weight excluding hydrogens is 306 g/mol. The fourth-order valence-electron chi connectivity index (χ4n) is 3.26. The topological polar surface area (TPSA) is 29.5 Å². The van der Waals surface area contributed by atoms with Gasteiger partial charge in [-0.3, -0.25) is 4.79 Å². The van der Waals surface area contributed by atoms with Crippen LogP contribution in [0.1, 0.15) is 44.9 Å². The van der Waals surface area contributed by atoms with Crippen LogP contribution in [0, 0.1) is 0 Å². The first kappa shape index (κ1) is 14.8. The van der Waals surface area contributed by atoms with Gasteiger partial charge < -0.3 is 9.64 Å². The lowest BCUT2D eigenvalue weighted by Gasteiger charge is -2.22. The van der Waals surface area contributed by atoms with Crippen molar-refractivity contribution in [3.8, 4) is 5.75 Å². The molecule has 0 spiro atoms. The van der Waals surface area contributed by atoms with Crippen LogP contribution in [0.5, 0.6) is 5.75 Å². The first-order chi connectivity index (χ1) is 11.2. The molecule has 0 saturated heterocycles. The molecule has 1 heterocycles. The van der Waals surface area contributed by atoms with Crippen molar-refractivity contribution >= 4 is 17.2 Å². The maximum Gasteiger partial charge on any atom is 0.264 e. The molecular formula is C19H21NO2S. The molecule has 2 aliphatic carbocycles. The molecule has 0 atom stereocenters. The van der Waals surface area contributed by atoms with E-state index in [1.165, 1.54) is 16.9 Å². The highest BCUT2D eigenvalue weighted by molar-refractivity contribution is 7.14. The summed E-state index contributed by atoms with van der Waals surface area (Å²) in [5, 5.41) is 0. The number of amides is 1. The molecule has 1 fully saturated rings. The second-order valence-corrected chi connectivity index (χ2v) is 7.56. The molecule has 0 bridgehead atoms. The summed E-state index contributed by atoms with van der Waals surface area (Å²) in [7, 11) is 1.67. The lowest BCUT2D eigenvalue weighted by atomic mass is 10.2. The second-order valence-electron chi connectivity index (χ2n) is 6.42. The van der Waals surface area contributed by atoms with Crippen molar-refractivity contribution in [1.82, 2.24) is 4.90 Å². The van der Waals surface area contributed by atoms with Gasteiger partial charge in [0.15, 0.2) is 0 Å². The monoisotopic (exact) mass is 327 g/mol. The number of thiophene rings is 1. The number of hydrogen-bond acceptors (Lipinski definition) is 3. The van der Waals surface area contributed by atoms with E-state index in [9.17, 15) is 4.79 Å². The largest absolute Gasteiger partial charge is 0.497 e. The number of rotatable bonds is 5. The van der Waals surface area contributed by atoms with E-state index >= 15 is 0 Å². The van der Waals surface area contributed by atoms with Gasteiger partial charge in [-0.2, -0.15) is 0 Å². The van der Waals surface area contributed by atoms with Gasteiger partial charge in [-0.1, -0.05) is 12.1 Å². The predicted octanol–water partition coefficient (Wildman–Crippen LogP) is 4.05. The quantitative estimate of drug-likeness (QED) is 0.829. The van der Waals surface area contributed by atoms with Crippen molar-refractivity contribution in [1.29, 1.82) is 0 Å². The van der Waals surface area contributed by atoms with Crippen LogP contribution in [0.25, 0.3) is 0 Å². The summed E-state index contributed by atoms with van der Waals surface area (Å²) in [5.74, 6) is 1.07. The van der Waals surface area contributed by atoms with Crippen molar-refractivity contribution in [2.24, 2.45) is 0 Å². The van der Waals surface area contributed by atoms with Crippen LogP contribution in [-0.4, -0.2) is 24.0 Å². The number of ether oxygens (including phenoxy) is 1. The molecule has 0 radical (unpaired) electrons. The van der Waals surface area contributed by atoms with E-state index in [4.69, 9.17) is 4.74 Å². The predicted molar refractivity (Wildman–Crippen MR) is 92.2 cm³/mol. The molecule has 0 aliphatic heterocycles. The van der Waals surface area contributed by atoms with E-state index in [2.05, 4.69) is 23.1 Å². The summed E-state index contributed by atoms with van der Waals surface area (Å²) < 4.78 is 5.21. The molecule has 23 heavy (non-hydrogen) atoms. The Labute approximate surface area is 140 Å². The molecule has 1 aromatic heterocycles. The van der Waals surface area contributed by atoms with Crippen LogP contribution in [0.15, 0.2) is 30.3 Å². The number of fused-ring (bicyclic) bond motifs is 1. The Bertz CT molecular complexity index is 694. The Balaban J connectivity index is 1.53. The fraction of sp³-hybridized carbons (Fsp3) is 0.421. The third-order valence-corrected chi connectivity index (χ3v) is 5.94. The summed E-state index contributed by atoms with van der Waals surface area (Å²) >= 11 is 1.71. The molecule has 0 unspecified atom stereocenters. The Morgan fingerprint density at radius 2 is 2.04 bits per heavy atom. The van der Waals surface area contributed by atoms with Crippen molar-refractivity contribution in [2.45, 2.75) is 44.7 Å². The molecule has 1 amide bonds. The summed E-state index contributed by atoms with van der Waals surface area (Å²) in [6, 6.07) is 10.6. The van der Waals surface area contributed by atoms with Crippen LogP contribution in [0.4, 0.5) is 0 Å². The van der Waals surface area contributed by atoms with E-state index in [-0.39, 0.29) is 5.91 Å². The van der Waals surface area contributed by atoms with E-state index in [0.29, 0.717) is 12.6 Å². The normalized spacial score (nSPS) is 16.2. The van der Waals surface area contributed by atoms with Gasteiger partial charge in [0.05, 0.1) is 12.0 Å². The Morgan fingerprint density at radius 1 is 1.26 bits per heavy atom. The minimum absolute atomic E-state index is 0.211. The molecule has 2 aromatic rings. The van der Waals surface area contributed by atoms with Gasteiger partial charge in [0.1, 0.15) is 5.75 Å². The second kappa shape index (κ2) is 6.00. The molecule has 4 rings (SSSR count). The lowest BCUT2D eigenvalue weighted by Crippen LogP contribution is -2.32. The minimum Gasteiger partial charge on any atom is -0.497 e. The molecule has 3 nitrogen and oxygen atoms in total. The van der Waals surface area contributed by atoms with E-state index in [1.54, 1.807) is 18.4 Å². The van der Waals surface area contributed by atoms with Crippen LogP contribution >= 0.6 is 11.3 Å². The molecule has 4 heteroatoms. The van der Waals surface area contributed by atoms with Gasteiger partial charge in [-0.25, -0.2) is 0 Å². The van der Waals surface area contributed by atoms with Crippen molar-refractivity contribution in [2.75, 3.05) is 7.11 Å². The number of hydrogen-bond donors (Lipinski definition) is 0. The summed E-state index contributed by atoms with van der Waals surface area (Å²) in [4.78, 5) is 17.4. The third kappa shape index (κ3) is 3.00. The van der Waals surface area contributed by atoms with Crippen molar-refractivity contribution in [3.05, 3.63) is 51.2 Å². The zero-order valence-corrected chi connectivity index (χ0v) is 14.2. The molecule has 120 valence electrons. The van der Waals surface area contributed by atoms with E-state index in [0.717, 1.165) is 41.9 Å². The molecule has 1 aromatic carbocycles. The standard InChI is InChI=1S/C19H21NO2S/c1-22-16-9-5-13(6-10-16)12-20(15-7-8-15)19(21)18-11-14-3-2-4-17(14)23-18/h5-6,9-11,15H,2-4,7-8,12H2,1H3. The van der Waals surface area contributed by atoms with Crippen LogP contribution in [0.2, 0.25) is 0 Å². The molecule has 1 saturated carbocycles. The van der Waals surface area contributed by atoms with Gasteiger partial charge in [0.2, 0.25) is 0 Å². The summed E-state index contributed by atoms with van der Waals surface area (Å²) in [6.07, 6.45) is 5.80. The van der Waals surface area contributed by atoms with Crippen LogP contribution in [-0.2, 0) is 19.4 Å². The summed E-state index contributed by atoms with van der Waals surface area (Å²) in [6.45, 7) is 0.691. The minimum atomic E-state index is 0.211.